The van der Waals surface area contributed by atoms with Gasteiger partial charge in [0, 0.05) is 57.0 Å². The van der Waals surface area contributed by atoms with Crippen LogP contribution in [-0.2, 0) is 23.4 Å². The Morgan fingerprint density at radius 2 is 1.82 bits per heavy atom. The van der Waals surface area contributed by atoms with E-state index in [0.29, 0.717) is 60.5 Å². The van der Waals surface area contributed by atoms with Gasteiger partial charge in [-0.25, -0.2) is 14.8 Å². The largest absolute Gasteiger partial charge is 0.491 e. The van der Waals surface area contributed by atoms with Crippen LogP contribution in [0, 0.1) is 12.9 Å². The van der Waals surface area contributed by atoms with E-state index in [1.807, 2.05) is 41.9 Å². The number of para-hydroxylation sites is 1. The normalized spacial score (nSPS) is 14.6. The second kappa shape index (κ2) is 16.6. The highest BCUT2D eigenvalue weighted by molar-refractivity contribution is 7.22. The van der Waals surface area contributed by atoms with Gasteiger partial charge in [-0.1, -0.05) is 35.9 Å². The van der Waals surface area contributed by atoms with Gasteiger partial charge in [-0.05, 0) is 75.7 Å². The van der Waals surface area contributed by atoms with Crippen LogP contribution in [0.15, 0.2) is 71.5 Å². The smallest absolute Gasteiger partial charge is 0.345 e. The summed E-state index contributed by atoms with van der Waals surface area (Å²) in [6, 6.07) is 14.9. The summed E-state index contributed by atoms with van der Waals surface area (Å²) in [5.41, 5.74) is 3.21. The quantitative estimate of drug-likeness (QED) is 0.115. The van der Waals surface area contributed by atoms with E-state index < -0.39 is 18.1 Å². The molecule has 15 heteroatoms. The molecule has 1 fully saturated rings. The first-order chi connectivity index (χ1) is 26.9. The van der Waals surface area contributed by atoms with Crippen LogP contribution in [0.1, 0.15) is 37.6 Å². The minimum atomic E-state index is -1.36. The van der Waals surface area contributed by atoms with Crippen LogP contribution in [0.5, 0.6) is 17.4 Å². The summed E-state index contributed by atoms with van der Waals surface area (Å²) in [5.74, 6) is 0.172. The summed E-state index contributed by atoms with van der Waals surface area (Å²) >= 11 is 8.24. The molecule has 5 heterocycles. The molecule has 0 saturated carbocycles. The number of carboxylic acids is 1. The summed E-state index contributed by atoms with van der Waals surface area (Å²) in [6.45, 7) is 13.5. The van der Waals surface area contributed by atoms with Crippen LogP contribution in [-0.4, -0.2) is 93.1 Å². The molecule has 1 saturated heterocycles. The third-order valence-corrected chi connectivity index (χ3v) is 11.4. The van der Waals surface area contributed by atoms with Gasteiger partial charge in [0.15, 0.2) is 0 Å². The van der Waals surface area contributed by atoms with Crippen molar-refractivity contribution in [2.24, 2.45) is 0 Å². The van der Waals surface area contributed by atoms with Crippen molar-refractivity contribution >= 4 is 39.1 Å². The van der Waals surface area contributed by atoms with E-state index in [1.54, 1.807) is 18.3 Å². The number of carbonyl (C=O) groups is 1. The second-order valence-corrected chi connectivity index (χ2v) is 16.1. The Morgan fingerprint density at radius 3 is 2.55 bits per heavy atom. The number of piperazine rings is 1. The molecular weight excluding hydrogens is 759 g/mol. The summed E-state index contributed by atoms with van der Waals surface area (Å²) in [7, 11) is 2.12. The number of hydrogen-bond acceptors (Lipinski definition) is 11. The van der Waals surface area contributed by atoms with Crippen molar-refractivity contribution < 1.29 is 32.9 Å². The minimum Gasteiger partial charge on any atom is -0.491 e. The number of fused-ring (bicyclic) bond motifs is 1. The van der Waals surface area contributed by atoms with E-state index in [0.717, 1.165) is 38.4 Å². The Kier molecular flexibility index (Phi) is 11.6. The minimum absolute atomic E-state index is 0.0315. The molecule has 56 heavy (non-hydrogen) atoms. The molecule has 0 bridgehead atoms. The molecular formula is C41H44ClFN6O6S. The maximum atomic E-state index is 14.3. The molecule has 1 aliphatic rings. The lowest BCUT2D eigenvalue weighted by Gasteiger charge is -2.32. The fourth-order valence-electron chi connectivity index (χ4n) is 6.78. The molecule has 0 unspecified atom stereocenters. The second-order valence-electron chi connectivity index (χ2n) is 14.8. The number of halogens is 2. The molecule has 0 spiro atoms. The molecule has 1 aliphatic heterocycles. The third kappa shape index (κ3) is 8.53. The number of benzene rings is 2. The number of likely N-dealkylation sites (N-methyl/N-ethyl adjacent to an activating group) is 1. The van der Waals surface area contributed by atoms with Gasteiger partial charge in [0.25, 0.3) is 6.01 Å². The van der Waals surface area contributed by atoms with Crippen LogP contribution in [0.4, 0.5) is 4.39 Å². The molecule has 4 aromatic heterocycles. The fraction of sp³-hybridized carbons (Fsp3) is 0.366. The first-order valence-electron chi connectivity index (χ1n) is 18.4. The lowest BCUT2D eigenvalue weighted by atomic mass is 9.97. The highest BCUT2D eigenvalue weighted by atomic mass is 35.5. The Morgan fingerprint density at radius 1 is 1.04 bits per heavy atom. The van der Waals surface area contributed by atoms with Gasteiger partial charge in [0.2, 0.25) is 12.0 Å². The van der Waals surface area contributed by atoms with E-state index in [1.165, 1.54) is 29.8 Å². The van der Waals surface area contributed by atoms with Crippen LogP contribution in [0.25, 0.3) is 32.0 Å². The van der Waals surface area contributed by atoms with Crippen molar-refractivity contribution in [3.63, 3.8) is 0 Å². The van der Waals surface area contributed by atoms with Crippen LogP contribution < -0.4 is 14.2 Å². The molecule has 294 valence electrons. The number of aliphatic carboxylic acids is 1. The van der Waals surface area contributed by atoms with Crippen molar-refractivity contribution in [1.29, 1.82) is 0 Å². The number of hydrogen-bond donors (Lipinski definition) is 1. The van der Waals surface area contributed by atoms with Crippen LogP contribution >= 0.6 is 22.9 Å². The number of aromatic nitrogens is 4. The summed E-state index contributed by atoms with van der Waals surface area (Å²) in [4.78, 5) is 27.5. The van der Waals surface area contributed by atoms with E-state index in [9.17, 15) is 14.3 Å². The Labute approximate surface area is 333 Å². The lowest BCUT2D eigenvalue weighted by molar-refractivity contribution is -0.145. The van der Waals surface area contributed by atoms with E-state index in [4.69, 9.17) is 30.2 Å². The highest BCUT2D eigenvalue weighted by Crippen LogP contribution is 2.49. The predicted molar refractivity (Wildman–Crippen MR) is 213 cm³/mol. The Bertz CT molecular complexity index is 2330. The topological polar surface area (TPSA) is 128 Å². The SMILES string of the molecule is Cc1c(-c2c(-c3ccc(F)o3)sc3ncnc(O[C@H](Cc4ccccc4OCc4ccnn4C(C)(C)C)C(=O)O)c23)ccc(OCCN2CCN(C)CC2)c1Cl. The zero-order chi connectivity index (χ0) is 39.6. The summed E-state index contributed by atoms with van der Waals surface area (Å²) < 4.78 is 40.4. The van der Waals surface area contributed by atoms with E-state index in [2.05, 4.69) is 52.7 Å². The van der Waals surface area contributed by atoms with Gasteiger partial charge in [-0.2, -0.15) is 9.49 Å². The molecule has 7 rings (SSSR count). The zero-order valence-electron chi connectivity index (χ0n) is 31.9. The van der Waals surface area contributed by atoms with Gasteiger partial charge < -0.3 is 28.6 Å². The van der Waals surface area contributed by atoms with Crippen molar-refractivity contribution in [2.45, 2.75) is 52.4 Å². The van der Waals surface area contributed by atoms with Gasteiger partial charge in [0.05, 0.1) is 26.5 Å². The van der Waals surface area contributed by atoms with E-state index in [-0.39, 0.29) is 30.2 Å². The monoisotopic (exact) mass is 802 g/mol. The van der Waals surface area contributed by atoms with Gasteiger partial charge in [-0.15, -0.1) is 11.3 Å². The van der Waals surface area contributed by atoms with Crippen molar-refractivity contribution in [1.82, 2.24) is 29.5 Å². The molecule has 0 amide bonds. The Hall–Kier alpha value is -5.02. The van der Waals surface area contributed by atoms with Crippen LogP contribution in [0.3, 0.4) is 0 Å². The lowest BCUT2D eigenvalue weighted by Crippen LogP contribution is -2.45. The first kappa shape index (κ1) is 39.2. The zero-order valence-corrected chi connectivity index (χ0v) is 33.5. The third-order valence-electron chi connectivity index (χ3n) is 9.77. The maximum absolute atomic E-state index is 14.3. The van der Waals surface area contributed by atoms with Crippen molar-refractivity contribution in [3.8, 4) is 39.1 Å². The number of ether oxygens (including phenoxy) is 3. The molecule has 12 nitrogen and oxygen atoms in total. The highest BCUT2D eigenvalue weighted by Gasteiger charge is 2.29. The maximum Gasteiger partial charge on any atom is 0.345 e. The van der Waals surface area contributed by atoms with Crippen molar-refractivity contribution in [3.05, 3.63) is 95.0 Å². The number of furan rings is 1. The molecule has 6 aromatic rings. The molecule has 1 N–H and O–H groups in total. The van der Waals surface area contributed by atoms with E-state index >= 15 is 0 Å². The average molecular weight is 803 g/mol. The number of thiophene rings is 1. The number of nitrogens with zero attached hydrogens (tertiary/aromatic N) is 6. The Balaban J connectivity index is 1.20. The van der Waals surface area contributed by atoms with Crippen molar-refractivity contribution in [2.75, 3.05) is 46.4 Å². The molecule has 1 atom stereocenters. The average Bonchev–Trinajstić information content (AvgIpc) is 3.92. The number of rotatable bonds is 14. The predicted octanol–water partition coefficient (Wildman–Crippen LogP) is 7.95. The van der Waals surface area contributed by atoms with Gasteiger partial charge >= 0.3 is 5.97 Å². The molecule has 0 radical (unpaired) electrons. The number of carboxylic acid groups (broad SMARTS) is 1. The summed E-state index contributed by atoms with van der Waals surface area (Å²) in [6.07, 6.45) is 1.65. The van der Waals surface area contributed by atoms with Crippen LogP contribution in [0.2, 0.25) is 5.02 Å². The van der Waals surface area contributed by atoms with Gasteiger partial charge in [0.1, 0.15) is 41.6 Å². The summed E-state index contributed by atoms with van der Waals surface area (Å²) in [5, 5.41) is 15.8. The standard InChI is InChI=1S/C41H44ClFN6O6S/c1-25-28(10-11-30(36(25)42)52-21-20-48-18-16-47(5)17-19-48)34-35-38(44-24-45-39(35)56-37(34)31-12-13-33(43)54-31)55-32(40(50)51)22-26-8-6-7-9-29(26)53-23-27-14-15-46-49(27)41(2,3)4/h6-15,24,32H,16-23H2,1-5H3,(H,50,51)/t32-/m1/s1. The fourth-order valence-corrected chi connectivity index (χ4v) is 8.11. The first-order valence-corrected chi connectivity index (χ1v) is 19.6. The molecule has 0 aliphatic carbocycles. The molecule has 2 aromatic carbocycles. The van der Waals surface area contributed by atoms with Gasteiger partial charge in [-0.3, -0.25) is 9.58 Å².